The van der Waals surface area contributed by atoms with Crippen molar-refractivity contribution < 1.29 is 13.2 Å². The molecule has 0 amide bonds. The van der Waals surface area contributed by atoms with Gasteiger partial charge in [-0.25, -0.2) is 8.78 Å². The zero-order valence-electron chi connectivity index (χ0n) is 9.47. The van der Waals surface area contributed by atoms with E-state index in [-0.39, 0.29) is 0 Å². The Morgan fingerprint density at radius 3 is 2.65 bits per heavy atom. The molecule has 0 bridgehead atoms. The summed E-state index contributed by atoms with van der Waals surface area (Å²) in [6.45, 7) is 3.47. The highest BCUT2D eigenvalue weighted by Gasteiger charge is 2.08. The van der Waals surface area contributed by atoms with Crippen LogP contribution in [-0.2, 0) is 6.54 Å². The molecular weight excluding hydrogens is 224 g/mol. The molecule has 90 valence electrons. The molecule has 0 radical (unpaired) electrons. The largest absolute Gasteiger partial charge is 0.460 e. The van der Waals surface area contributed by atoms with Crippen LogP contribution >= 0.6 is 0 Å². The van der Waals surface area contributed by atoms with Crippen molar-refractivity contribution in [2.75, 3.05) is 6.54 Å². The zero-order valence-corrected chi connectivity index (χ0v) is 9.47. The highest BCUT2D eigenvalue weighted by Crippen LogP contribution is 2.23. The van der Waals surface area contributed by atoms with Gasteiger partial charge in [-0.2, -0.15) is 0 Å². The van der Waals surface area contributed by atoms with Crippen molar-refractivity contribution in [3.05, 3.63) is 47.7 Å². The Morgan fingerprint density at radius 1 is 1.12 bits per heavy atom. The Balaban J connectivity index is 2.21. The van der Waals surface area contributed by atoms with Gasteiger partial charge in [-0.15, -0.1) is 0 Å². The predicted molar refractivity (Wildman–Crippen MR) is 61.4 cm³/mol. The van der Waals surface area contributed by atoms with E-state index in [0.29, 0.717) is 17.9 Å². The molecule has 0 fully saturated rings. The highest BCUT2D eigenvalue weighted by molar-refractivity contribution is 5.57. The molecule has 2 rings (SSSR count). The van der Waals surface area contributed by atoms with Gasteiger partial charge in [-0.3, -0.25) is 0 Å². The molecule has 0 saturated heterocycles. The Hall–Kier alpha value is -1.68. The predicted octanol–water partition coefficient (Wildman–Crippen LogP) is 3.33. The molecule has 2 aromatic rings. The quantitative estimate of drug-likeness (QED) is 0.882. The second-order valence-electron chi connectivity index (χ2n) is 3.68. The van der Waals surface area contributed by atoms with Crippen molar-refractivity contribution in [1.29, 1.82) is 0 Å². The highest BCUT2D eigenvalue weighted by atomic mass is 19.2. The van der Waals surface area contributed by atoms with Crippen molar-refractivity contribution in [1.82, 2.24) is 5.32 Å². The van der Waals surface area contributed by atoms with Crippen LogP contribution in [0, 0.1) is 11.6 Å². The molecule has 0 saturated carbocycles. The third-order valence-electron chi connectivity index (χ3n) is 2.42. The first kappa shape index (κ1) is 11.8. The molecule has 1 N–H and O–H groups in total. The number of nitrogens with one attached hydrogen (secondary N) is 1. The van der Waals surface area contributed by atoms with E-state index in [0.717, 1.165) is 24.4 Å². The first-order valence-electron chi connectivity index (χ1n) is 5.45. The molecule has 0 atom stereocenters. The van der Waals surface area contributed by atoms with Gasteiger partial charge in [0.1, 0.15) is 11.5 Å². The number of furan rings is 1. The molecule has 0 unspecified atom stereocenters. The summed E-state index contributed by atoms with van der Waals surface area (Å²) in [7, 11) is 0. The molecule has 0 aliphatic carbocycles. The van der Waals surface area contributed by atoms with Crippen molar-refractivity contribution >= 4 is 0 Å². The van der Waals surface area contributed by atoms with Crippen LogP contribution in [0.25, 0.3) is 11.3 Å². The lowest BCUT2D eigenvalue weighted by atomic mass is 10.1. The first-order valence-corrected chi connectivity index (χ1v) is 5.45. The average Bonchev–Trinajstić information content (AvgIpc) is 2.79. The second-order valence-corrected chi connectivity index (χ2v) is 3.68. The van der Waals surface area contributed by atoms with Crippen LogP contribution in [0.15, 0.2) is 34.7 Å². The van der Waals surface area contributed by atoms with E-state index in [9.17, 15) is 8.78 Å². The molecule has 2 nitrogen and oxygen atoms in total. The van der Waals surface area contributed by atoms with Gasteiger partial charge in [-0.05, 0) is 36.9 Å². The second kappa shape index (κ2) is 5.10. The molecule has 4 heteroatoms. The summed E-state index contributed by atoms with van der Waals surface area (Å²) in [5.74, 6) is -0.413. The van der Waals surface area contributed by atoms with Crippen molar-refractivity contribution in [2.24, 2.45) is 0 Å². The smallest absolute Gasteiger partial charge is 0.159 e. The Morgan fingerprint density at radius 2 is 1.94 bits per heavy atom. The van der Waals surface area contributed by atoms with E-state index in [1.54, 1.807) is 6.07 Å². The van der Waals surface area contributed by atoms with Crippen molar-refractivity contribution in [2.45, 2.75) is 13.5 Å². The summed E-state index contributed by atoms with van der Waals surface area (Å²) in [6.07, 6.45) is 0. The van der Waals surface area contributed by atoms with Crippen LogP contribution in [-0.4, -0.2) is 6.54 Å². The monoisotopic (exact) mass is 237 g/mol. The van der Waals surface area contributed by atoms with Gasteiger partial charge in [0.05, 0.1) is 6.54 Å². The van der Waals surface area contributed by atoms with E-state index in [4.69, 9.17) is 4.42 Å². The van der Waals surface area contributed by atoms with E-state index >= 15 is 0 Å². The van der Waals surface area contributed by atoms with Crippen molar-refractivity contribution in [3.8, 4) is 11.3 Å². The lowest BCUT2D eigenvalue weighted by Crippen LogP contribution is -2.10. The summed E-state index contributed by atoms with van der Waals surface area (Å²) >= 11 is 0. The number of rotatable bonds is 4. The molecule has 1 heterocycles. The fourth-order valence-corrected chi connectivity index (χ4v) is 1.53. The first-order chi connectivity index (χ1) is 8.20. The van der Waals surface area contributed by atoms with Crippen LogP contribution in [0.3, 0.4) is 0 Å². The normalized spacial score (nSPS) is 10.8. The van der Waals surface area contributed by atoms with Crippen molar-refractivity contribution in [3.63, 3.8) is 0 Å². The summed E-state index contributed by atoms with van der Waals surface area (Å²) in [6, 6.07) is 7.29. The van der Waals surface area contributed by atoms with Crippen LogP contribution in [0.5, 0.6) is 0 Å². The number of hydrogen-bond donors (Lipinski definition) is 1. The van der Waals surface area contributed by atoms with E-state index in [1.165, 1.54) is 6.07 Å². The maximum Gasteiger partial charge on any atom is 0.159 e. The van der Waals surface area contributed by atoms with Crippen LogP contribution in [0.2, 0.25) is 0 Å². The fraction of sp³-hybridized carbons (Fsp3) is 0.231. The SMILES string of the molecule is CCNCc1ccc(-c2ccc(F)c(F)c2)o1. The molecule has 1 aromatic heterocycles. The molecule has 1 aromatic carbocycles. The van der Waals surface area contributed by atoms with Gasteiger partial charge >= 0.3 is 0 Å². The lowest BCUT2D eigenvalue weighted by Gasteiger charge is -1.99. The van der Waals surface area contributed by atoms with Crippen LogP contribution in [0.4, 0.5) is 8.78 Å². The maximum atomic E-state index is 13.0. The summed E-state index contributed by atoms with van der Waals surface area (Å²) in [5, 5.41) is 3.12. The third-order valence-corrected chi connectivity index (χ3v) is 2.42. The van der Waals surface area contributed by atoms with Gasteiger partial charge in [0.2, 0.25) is 0 Å². The van der Waals surface area contributed by atoms with Crippen LogP contribution in [0.1, 0.15) is 12.7 Å². The minimum Gasteiger partial charge on any atom is -0.460 e. The molecule has 0 aliphatic heterocycles. The fourth-order valence-electron chi connectivity index (χ4n) is 1.53. The number of halogens is 2. The minimum absolute atomic E-state index is 0.534. The number of hydrogen-bond acceptors (Lipinski definition) is 2. The van der Waals surface area contributed by atoms with Gasteiger partial charge in [0.25, 0.3) is 0 Å². The van der Waals surface area contributed by atoms with E-state index in [1.807, 2.05) is 13.0 Å². The van der Waals surface area contributed by atoms with Gasteiger partial charge < -0.3 is 9.73 Å². The molecule has 0 aliphatic rings. The maximum absolute atomic E-state index is 13.0. The molecule has 0 spiro atoms. The van der Waals surface area contributed by atoms with E-state index in [2.05, 4.69) is 5.32 Å². The van der Waals surface area contributed by atoms with Crippen LogP contribution < -0.4 is 5.32 Å². The average molecular weight is 237 g/mol. The lowest BCUT2D eigenvalue weighted by molar-refractivity contribution is 0.494. The zero-order chi connectivity index (χ0) is 12.3. The van der Waals surface area contributed by atoms with Gasteiger partial charge in [0.15, 0.2) is 11.6 Å². The summed E-state index contributed by atoms with van der Waals surface area (Å²) in [5.41, 5.74) is 0.534. The minimum atomic E-state index is -0.868. The summed E-state index contributed by atoms with van der Waals surface area (Å²) in [4.78, 5) is 0. The number of benzene rings is 1. The van der Waals surface area contributed by atoms with Gasteiger partial charge in [0, 0.05) is 5.56 Å². The topological polar surface area (TPSA) is 25.2 Å². The third kappa shape index (κ3) is 2.71. The molecule has 17 heavy (non-hydrogen) atoms. The Bertz CT molecular complexity index is 508. The summed E-state index contributed by atoms with van der Waals surface area (Å²) < 4.78 is 31.3. The van der Waals surface area contributed by atoms with Gasteiger partial charge in [-0.1, -0.05) is 6.92 Å². The standard InChI is InChI=1S/C13H13F2NO/c1-2-16-8-10-4-6-13(17-10)9-3-5-11(14)12(15)7-9/h3-7,16H,2,8H2,1H3. The Labute approximate surface area is 98.3 Å². The van der Waals surface area contributed by atoms with E-state index < -0.39 is 11.6 Å². The Kier molecular flexibility index (Phi) is 3.54. The molecular formula is C13H13F2NO.